The molecule has 0 fully saturated rings. The SMILES string of the molecule is CCCC(C)OC(C=O)Cn1ccc2cc(CC(=O)O)ccc21. The zero-order valence-electron chi connectivity index (χ0n) is 13.6. The van der Waals surface area contributed by atoms with E-state index in [0.29, 0.717) is 6.54 Å². The molecule has 5 heteroatoms. The number of ether oxygens (including phenoxy) is 1. The van der Waals surface area contributed by atoms with Crippen LogP contribution < -0.4 is 0 Å². The molecule has 1 N–H and O–H groups in total. The van der Waals surface area contributed by atoms with E-state index in [2.05, 4.69) is 6.92 Å². The highest BCUT2D eigenvalue weighted by Gasteiger charge is 2.14. The largest absolute Gasteiger partial charge is 0.481 e. The van der Waals surface area contributed by atoms with E-state index < -0.39 is 12.1 Å². The van der Waals surface area contributed by atoms with Gasteiger partial charge < -0.3 is 19.2 Å². The lowest BCUT2D eigenvalue weighted by Gasteiger charge is -2.18. The fourth-order valence-corrected chi connectivity index (χ4v) is 2.78. The van der Waals surface area contributed by atoms with Gasteiger partial charge in [0.15, 0.2) is 6.29 Å². The van der Waals surface area contributed by atoms with Crippen LogP contribution in [0.4, 0.5) is 0 Å². The number of aliphatic carboxylic acids is 1. The third-order valence-electron chi connectivity index (χ3n) is 3.82. The smallest absolute Gasteiger partial charge is 0.307 e. The Hall–Kier alpha value is -2.14. The average Bonchev–Trinajstić information content (AvgIpc) is 2.88. The van der Waals surface area contributed by atoms with E-state index >= 15 is 0 Å². The van der Waals surface area contributed by atoms with Gasteiger partial charge in [-0.15, -0.1) is 0 Å². The molecule has 0 aliphatic heterocycles. The van der Waals surface area contributed by atoms with Crippen LogP contribution >= 0.6 is 0 Å². The van der Waals surface area contributed by atoms with E-state index in [1.807, 2.05) is 42.0 Å². The van der Waals surface area contributed by atoms with E-state index in [0.717, 1.165) is 35.6 Å². The lowest BCUT2D eigenvalue weighted by Crippen LogP contribution is -2.26. The fraction of sp³-hybridized carbons (Fsp3) is 0.444. The molecule has 0 spiro atoms. The average molecular weight is 317 g/mol. The first-order chi connectivity index (χ1) is 11.0. The molecular weight excluding hydrogens is 294 g/mol. The number of hydrogen-bond acceptors (Lipinski definition) is 3. The van der Waals surface area contributed by atoms with Crippen molar-refractivity contribution >= 4 is 23.2 Å². The number of fused-ring (bicyclic) bond motifs is 1. The first-order valence-electron chi connectivity index (χ1n) is 7.93. The Morgan fingerprint density at radius 3 is 2.83 bits per heavy atom. The van der Waals surface area contributed by atoms with Crippen molar-refractivity contribution in [3.63, 3.8) is 0 Å². The molecule has 2 rings (SSSR count). The maximum absolute atomic E-state index is 11.3. The molecule has 0 saturated carbocycles. The molecule has 2 unspecified atom stereocenters. The summed E-state index contributed by atoms with van der Waals surface area (Å²) in [5, 5.41) is 9.83. The predicted molar refractivity (Wildman–Crippen MR) is 88.6 cm³/mol. The first-order valence-corrected chi connectivity index (χ1v) is 7.93. The van der Waals surface area contributed by atoms with Crippen LogP contribution in [0.5, 0.6) is 0 Å². The van der Waals surface area contributed by atoms with Gasteiger partial charge in [0.1, 0.15) is 6.10 Å². The highest BCUT2D eigenvalue weighted by molar-refractivity contribution is 5.82. The summed E-state index contributed by atoms with van der Waals surface area (Å²) in [6, 6.07) is 7.50. The summed E-state index contributed by atoms with van der Waals surface area (Å²) in [5.41, 5.74) is 1.74. The summed E-state index contributed by atoms with van der Waals surface area (Å²) in [6.45, 7) is 4.52. The lowest BCUT2D eigenvalue weighted by molar-refractivity contribution is -0.136. The Balaban J connectivity index is 2.13. The van der Waals surface area contributed by atoms with E-state index in [1.165, 1.54) is 0 Å². The van der Waals surface area contributed by atoms with Crippen molar-refractivity contribution in [2.24, 2.45) is 0 Å². The van der Waals surface area contributed by atoms with E-state index in [4.69, 9.17) is 9.84 Å². The third kappa shape index (κ3) is 4.66. The highest BCUT2D eigenvalue weighted by Crippen LogP contribution is 2.19. The van der Waals surface area contributed by atoms with Gasteiger partial charge in [-0.1, -0.05) is 19.4 Å². The molecule has 5 nitrogen and oxygen atoms in total. The van der Waals surface area contributed by atoms with E-state index in [1.54, 1.807) is 0 Å². The summed E-state index contributed by atoms with van der Waals surface area (Å²) in [6.07, 6.45) is 4.28. The van der Waals surface area contributed by atoms with Crippen LogP contribution in [0.15, 0.2) is 30.5 Å². The Kier molecular flexibility index (Phi) is 5.93. The quantitative estimate of drug-likeness (QED) is 0.722. The molecular formula is C18H23NO4. The maximum Gasteiger partial charge on any atom is 0.307 e. The van der Waals surface area contributed by atoms with Crippen molar-refractivity contribution in [2.45, 2.75) is 51.9 Å². The number of carboxylic acids is 1. The number of carbonyl (C=O) groups is 2. The number of benzene rings is 1. The van der Waals surface area contributed by atoms with E-state index in [-0.39, 0.29) is 12.5 Å². The number of carbonyl (C=O) groups excluding carboxylic acids is 1. The molecule has 23 heavy (non-hydrogen) atoms. The van der Waals surface area contributed by atoms with Gasteiger partial charge in [0, 0.05) is 11.7 Å². The van der Waals surface area contributed by atoms with Crippen molar-refractivity contribution in [3.05, 3.63) is 36.0 Å². The Labute approximate surface area is 135 Å². The zero-order valence-corrected chi connectivity index (χ0v) is 13.6. The van der Waals surface area contributed by atoms with Gasteiger partial charge in [0.25, 0.3) is 0 Å². The van der Waals surface area contributed by atoms with Crippen LogP contribution in [0.1, 0.15) is 32.3 Å². The number of rotatable bonds is 9. The molecule has 2 atom stereocenters. The molecule has 2 aromatic rings. The first kappa shape index (κ1) is 17.2. The minimum Gasteiger partial charge on any atom is -0.481 e. The van der Waals surface area contributed by atoms with Crippen molar-refractivity contribution < 1.29 is 19.4 Å². The fourth-order valence-electron chi connectivity index (χ4n) is 2.78. The van der Waals surface area contributed by atoms with Crippen LogP contribution in [0, 0.1) is 0 Å². The van der Waals surface area contributed by atoms with Crippen LogP contribution in [0.25, 0.3) is 10.9 Å². The predicted octanol–water partition coefficient (Wildman–Crippen LogP) is 3.04. The second kappa shape index (κ2) is 7.92. The molecule has 1 heterocycles. The monoisotopic (exact) mass is 317 g/mol. The summed E-state index contributed by atoms with van der Waals surface area (Å²) in [4.78, 5) is 22.1. The third-order valence-corrected chi connectivity index (χ3v) is 3.82. The van der Waals surface area contributed by atoms with Crippen molar-refractivity contribution in [2.75, 3.05) is 0 Å². The van der Waals surface area contributed by atoms with Gasteiger partial charge >= 0.3 is 5.97 Å². The second-order valence-corrected chi connectivity index (χ2v) is 5.84. The van der Waals surface area contributed by atoms with Crippen molar-refractivity contribution in [1.29, 1.82) is 0 Å². The summed E-state index contributed by atoms with van der Waals surface area (Å²) < 4.78 is 7.74. The maximum atomic E-state index is 11.3. The van der Waals surface area contributed by atoms with Crippen molar-refractivity contribution in [3.8, 4) is 0 Å². The standard InChI is InChI=1S/C18H23NO4/c1-3-4-13(2)23-16(12-20)11-19-8-7-15-9-14(10-18(21)22)5-6-17(15)19/h5-9,12-13,16H,3-4,10-11H2,1-2H3,(H,21,22). The Morgan fingerprint density at radius 2 is 2.17 bits per heavy atom. The molecule has 0 amide bonds. The van der Waals surface area contributed by atoms with Gasteiger partial charge in [0.05, 0.1) is 19.1 Å². The summed E-state index contributed by atoms with van der Waals surface area (Å²) >= 11 is 0. The molecule has 1 aromatic heterocycles. The van der Waals surface area contributed by atoms with Gasteiger partial charge in [-0.05, 0) is 42.5 Å². The van der Waals surface area contributed by atoms with Gasteiger partial charge in [-0.3, -0.25) is 4.79 Å². The number of nitrogens with zero attached hydrogens (tertiary/aromatic N) is 1. The highest BCUT2D eigenvalue weighted by atomic mass is 16.5. The Morgan fingerprint density at radius 1 is 1.39 bits per heavy atom. The molecule has 0 bridgehead atoms. The van der Waals surface area contributed by atoms with Gasteiger partial charge in [0.2, 0.25) is 0 Å². The molecule has 0 radical (unpaired) electrons. The minimum atomic E-state index is -0.844. The molecule has 0 aliphatic carbocycles. The van der Waals surface area contributed by atoms with E-state index in [9.17, 15) is 9.59 Å². The summed E-state index contributed by atoms with van der Waals surface area (Å²) in [7, 11) is 0. The second-order valence-electron chi connectivity index (χ2n) is 5.84. The summed E-state index contributed by atoms with van der Waals surface area (Å²) in [5.74, 6) is -0.844. The van der Waals surface area contributed by atoms with Crippen LogP contribution in [-0.4, -0.2) is 34.1 Å². The Bertz CT molecular complexity index is 677. The van der Waals surface area contributed by atoms with Crippen LogP contribution in [-0.2, 0) is 27.3 Å². The van der Waals surface area contributed by atoms with Crippen LogP contribution in [0.3, 0.4) is 0 Å². The van der Waals surface area contributed by atoms with Gasteiger partial charge in [-0.2, -0.15) is 0 Å². The van der Waals surface area contributed by atoms with Gasteiger partial charge in [-0.25, -0.2) is 0 Å². The minimum absolute atomic E-state index is 0.00965. The van der Waals surface area contributed by atoms with Crippen molar-refractivity contribution in [1.82, 2.24) is 4.57 Å². The van der Waals surface area contributed by atoms with Crippen LogP contribution in [0.2, 0.25) is 0 Å². The number of aromatic nitrogens is 1. The number of aldehydes is 1. The molecule has 0 aliphatic rings. The lowest BCUT2D eigenvalue weighted by atomic mass is 10.1. The molecule has 0 saturated heterocycles. The molecule has 124 valence electrons. The number of carboxylic acid groups (broad SMARTS) is 1. The topological polar surface area (TPSA) is 68.5 Å². The molecule has 1 aromatic carbocycles. The normalized spacial score (nSPS) is 13.8. The zero-order chi connectivity index (χ0) is 16.8. The number of hydrogen-bond donors (Lipinski definition) is 1.